The third-order valence-corrected chi connectivity index (χ3v) is 2.06. The molecule has 0 aliphatic rings. The molecule has 0 fully saturated rings. The molecule has 4 heteroatoms. The first kappa shape index (κ1) is 9.83. The lowest BCUT2D eigenvalue weighted by Gasteiger charge is -2.04. The molecule has 2 N–H and O–H groups in total. The van der Waals surface area contributed by atoms with Gasteiger partial charge in [-0.15, -0.1) is 0 Å². The molecule has 2 heterocycles. The van der Waals surface area contributed by atoms with Crippen LogP contribution in [0.2, 0.25) is 0 Å². The molecule has 0 atom stereocenters. The maximum Gasteiger partial charge on any atom is 0.151 e. The number of hydrogen-bond donors (Lipinski definition) is 2. The van der Waals surface area contributed by atoms with E-state index in [0.29, 0.717) is 5.92 Å². The highest BCUT2D eigenvalue weighted by atomic mass is 16.3. The number of anilines is 1. The van der Waals surface area contributed by atoms with Gasteiger partial charge in [-0.25, -0.2) is 0 Å². The van der Waals surface area contributed by atoms with Crippen LogP contribution in [-0.2, 0) is 0 Å². The lowest BCUT2D eigenvalue weighted by atomic mass is 10.2. The summed E-state index contributed by atoms with van der Waals surface area (Å²) in [5.41, 5.74) is 0.895. The van der Waals surface area contributed by atoms with E-state index in [1.165, 1.54) is 0 Å². The first-order valence-corrected chi connectivity index (χ1v) is 5.09. The van der Waals surface area contributed by atoms with Gasteiger partial charge in [-0.3, -0.25) is 5.10 Å². The van der Waals surface area contributed by atoms with Gasteiger partial charge in [0.15, 0.2) is 5.76 Å². The number of nitrogens with one attached hydrogen (secondary N) is 2. The van der Waals surface area contributed by atoms with E-state index < -0.39 is 0 Å². The smallest absolute Gasteiger partial charge is 0.151 e. The zero-order valence-corrected chi connectivity index (χ0v) is 8.95. The van der Waals surface area contributed by atoms with Crippen molar-refractivity contribution < 1.29 is 4.42 Å². The van der Waals surface area contributed by atoms with Crippen LogP contribution in [-0.4, -0.2) is 16.7 Å². The van der Waals surface area contributed by atoms with Gasteiger partial charge >= 0.3 is 0 Å². The third-order valence-electron chi connectivity index (χ3n) is 2.06. The molecule has 0 spiro atoms. The summed E-state index contributed by atoms with van der Waals surface area (Å²) >= 11 is 0. The van der Waals surface area contributed by atoms with E-state index in [4.69, 9.17) is 4.42 Å². The SMILES string of the molecule is CC(C)CNc1cc(-c2ccco2)[nH]n1. The Hall–Kier alpha value is -1.71. The van der Waals surface area contributed by atoms with Crippen molar-refractivity contribution in [3.05, 3.63) is 24.5 Å². The third kappa shape index (κ3) is 2.40. The molecule has 0 radical (unpaired) electrons. The average Bonchev–Trinajstić information content (AvgIpc) is 2.85. The molecule has 4 nitrogen and oxygen atoms in total. The van der Waals surface area contributed by atoms with Crippen LogP contribution in [0.4, 0.5) is 5.82 Å². The fourth-order valence-electron chi connectivity index (χ4n) is 1.28. The van der Waals surface area contributed by atoms with Crippen molar-refractivity contribution in [2.75, 3.05) is 11.9 Å². The Bertz CT molecular complexity index is 403. The molecule has 2 aromatic heterocycles. The number of furan rings is 1. The van der Waals surface area contributed by atoms with E-state index in [1.807, 2.05) is 18.2 Å². The van der Waals surface area contributed by atoms with E-state index in [0.717, 1.165) is 23.8 Å². The molecule has 0 amide bonds. The first-order valence-electron chi connectivity index (χ1n) is 5.09. The van der Waals surface area contributed by atoms with Crippen LogP contribution < -0.4 is 5.32 Å². The van der Waals surface area contributed by atoms with Gasteiger partial charge in [-0.05, 0) is 18.1 Å². The highest BCUT2D eigenvalue weighted by Crippen LogP contribution is 2.19. The predicted molar refractivity (Wildman–Crippen MR) is 59.6 cm³/mol. The van der Waals surface area contributed by atoms with E-state index in [2.05, 4.69) is 29.4 Å². The predicted octanol–water partition coefficient (Wildman–Crippen LogP) is 2.74. The Kier molecular flexibility index (Phi) is 2.76. The summed E-state index contributed by atoms with van der Waals surface area (Å²) in [5.74, 6) is 2.27. The van der Waals surface area contributed by atoms with Crippen LogP contribution in [0.1, 0.15) is 13.8 Å². The molecular formula is C11H15N3O. The molecule has 0 bridgehead atoms. The maximum atomic E-state index is 5.26. The lowest BCUT2D eigenvalue weighted by molar-refractivity contribution is 0.580. The Balaban J connectivity index is 2.04. The fourth-order valence-corrected chi connectivity index (χ4v) is 1.28. The number of rotatable bonds is 4. The van der Waals surface area contributed by atoms with Crippen LogP contribution in [0.5, 0.6) is 0 Å². The van der Waals surface area contributed by atoms with E-state index >= 15 is 0 Å². The molecule has 0 saturated carbocycles. The van der Waals surface area contributed by atoms with Gasteiger partial charge in [0.2, 0.25) is 0 Å². The van der Waals surface area contributed by atoms with Gasteiger partial charge in [0.1, 0.15) is 11.5 Å². The fraction of sp³-hybridized carbons (Fsp3) is 0.364. The second-order valence-electron chi connectivity index (χ2n) is 3.92. The summed E-state index contributed by atoms with van der Waals surface area (Å²) in [7, 11) is 0. The van der Waals surface area contributed by atoms with Crippen molar-refractivity contribution >= 4 is 5.82 Å². The maximum absolute atomic E-state index is 5.26. The monoisotopic (exact) mass is 205 g/mol. The van der Waals surface area contributed by atoms with Gasteiger partial charge in [-0.2, -0.15) is 5.10 Å². The summed E-state index contributed by atoms with van der Waals surface area (Å²) in [6.45, 7) is 5.24. The Labute approximate surface area is 88.7 Å². The Morgan fingerprint density at radius 3 is 3.07 bits per heavy atom. The second-order valence-corrected chi connectivity index (χ2v) is 3.92. The van der Waals surface area contributed by atoms with Gasteiger partial charge in [-0.1, -0.05) is 13.8 Å². The summed E-state index contributed by atoms with van der Waals surface area (Å²) in [4.78, 5) is 0. The van der Waals surface area contributed by atoms with Crippen molar-refractivity contribution in [2.45, 2.75) is 13.8 Å². The summed E-state index contributed by atoms with van der Waals surface area (Å²) < 4.78 is 5.26. The first-order chi connectivity index (χ1) is 7.25. The topological polar surface area (TPSA) is 53.9 Å². The van der Waals surface area contributed by atoms with Gasteiger partial charge in [0.05, 0.1) is 6.26 Å². The Morgan fingerprint density at radius 2 is 2.40 bits per heavy atom. The van der Waals surface area contributed by atoms with Crippen molar-refractivity contribution in [1.82, 2.24) is 10.2 Å². The van der Waals surface area contributed by atoms with Gasteiger partial charge in [0, 0.05) is 12.6 Å². The normalized spacial score (nSPS) is 10.9. The van der Waals surface area contributed by atoms with Crippen LogP contribution >= 0.6 is 0 Å². The van der Waals surface area contributed by atoms with Gasteiger partial charge in [0.25, 0.3) is 0 Å². The summed E-state index contributed by atoms with van der Waals surface area (Å²) in [6.07, 6.45) is 1.65. The van der Waals surface area contributed by atoms with Crippen molar-refractivity contribution in [3.8, 4) is 11.5 Å². The van der Waals surface area contributed by atoms with Crippen LogP contribution in [0, 0.1) is 5.92 Å². The number of aromatic nitrogens is 2. The van der Waals surface area contributed by atoms with Crippen LogP contribution in [0.3, 0.4) is 0 Å². The Morgan fingerprint density at radius 1 is 1.53 bits per heavy atom. The molecule has 0 unspecified atom stereocenters. The number of nitrogens with zero attached hydrogens (tertiary/aromatic N) is 1. The lowest BCUT2D eigenvalue weighted by Crippen LogP contribution is -2.07. The zero-order valence-electron chi connectivity index (χ0n) is 8.95. The minimum Gasteiger partial charge on any atom is -0.463 e. The highest BCUT2D eigenvalue weighted by molar-refractivity contribution is 5.56. The quantitative estimate of drug-likeness (QED) is 0.806. The van der Waals surface area contributed by atoms with Crippen molar-refractivity contribution in [2.24, 2.45) is 5.92 Å². The minimum absolute atomic E-state index is 0.605. The molecule has 15 heavy (non-hydrogen) atoms. The second kappa shape index (κ2) is 4.21. The van der Waals surface area contributed by atoms with Crippen LogP contribution in [0.15, 0.2) is 28.9 Å². The van der Waals surface area contributed by atoms with Crippen molar-refractivity contribution in [3.63, 3.8) is 0 Å². The largest absolute Gasteiger partial charge is 0.463 e. The molecule has 0 aliphatic heterocycles. The van der Waals surface area contributed by atoms with E-state index in [9.17, 15) is 0 Å². The van der Waals surface area contributed by atoms with Crippen molar-refractivity contribution in [1.29, 1.82) is 0 Å². The summed E-state index contributed by atoms with van der Waals surface area (Å²) in [6, 6.07) is 5.71. The average molecular weight is 205 g/mol. The summed E-state index contributed by atoms with van der Waals surface area (Å²) in [5, 5.41) is 10.3. The van der Waals surface area contributed by atoms with E-state index in [1.54, 1.807) is 6.26 Å². The standard InChI is InChI=1S/C11H15N3O/c1-8(2)7-12-11-6-9(13-14-11)10-4-3-5-15-10/h3-6,8H,7H2,1-2H3,(H2,12,13,14). The molecule has 0 aromatic carbocycles. The number of hydrogen-bond acceptors (Lipinski definition) is 3. The molecule has 80 valence electrons. The van der Waals surface area contributed by atoms with Crippen LogP contribution in [0.25, 0.3) is 11.5 Å². The molecule has 0 aliphatic carbocycles. The van der Waals surface area contributed by atoms with E-state index in [-0.39, 0.29) is 0 Å². The number of aromatic amines is 1. The molecule has 0 saturated heterocycles. The molecule has 2 rings (SSSR count). The number of H-pyrrole nitrogens is 1. The van der Waals surface area contributed by atoms with Gasteiger partial charge < -0.3 is 9.73 Å². The zero-order chi connectivity index (χ0) is 10.7. The highest BCUT2D eigenvalue weighted by Gasteiger charge is 2.05. The molecule has 2 aromatic rings. The minimum atomic E-state index is 0.605. The molecular weight excluding hydrogens is 190 g/mol.